The number of methoxy groups -OCH3 is 1. The fourth-order valence-electron chi connectivity index (χ4n) is 3.52. The third-order valence-corrected chi connectivity index (χ3v) is 5.98. The molecule has 2 aromatic heterocycles. The van der Waals surface area contributed by atoms with Crippen LogP contribution in [0.1, 0.15) is 36.1 Å². The lowest BCUT2D eigenvalue weighted by Crippen LogP contribution is -2.10. The average Bonchev–Trinajstić information content (AvgIpc) is 2.92. The fraction of sp³-hybridized carbons (Fsp3) is 0.368. The largest absolute Gasteiger partial charge is 0.504 e. The van der Waals surface area contributed by atoms with Crippen molar-refractivity contribution in [2.45, 2.75) is 38.5 Å². The average molecular weight is 356 g/mol. The summed E-state index contributed by atoms with van der Waals surface area (Å²) in [6.07, 6.45) is 6.73. The molecule has 0 atom stereocenters. The van der Waals surface area contributed by atoms with E-state index in [-0.39, 0.29) is 11.3 Å². The molecular weight excluding hydrogens is 336 g/mol. The second-order valence-electron chi connectivity index (χ2n) is 6.37. The first-order chi connectivity index (χ1) is 12.2. The van der Waals surface area contributed by atoms with Gasteiger partial charge in [0.15, 0.2) is 11.5 Å². The third-order valence-electron chi connectivity index (χ3n) is 4.80. The lowest BCUT2D eigenvalue weighted by Gasteiger charge is -2.09. The highest BCUT2D eigenvalue weighted by Crippen LogP contribution is 2.37. The number of aryl methyl sites for hydroxylation is 2. The van der Waals surface area contributed by atoms with Gasteiger partial charge in [0.05, 0.1) is 18.1 Å². The molecule has 25 heavy (non-hydrogen) atoms. The predicted molar refractivity (Wildman–Crippen MR) is 99.8 cm³/mol. The number of H-pyrrole nitrogens is 1. The van der Waals surface area contributed by atoms with E-state index in [2.05, 4.69) is 9.97 Å². The Labute approximate surface area is 149 Å². The molecule has 6 heteroatoms. The summed E-state index contributed by atoms with van der Waals surface area (Å²) >= 11 is 1.62. The van der Waals surface area contributed by atoms with Crippen molar-refractivity contribution in [2.24, 2.45) is 0 Å². The number of benzene rings is 1. The van der Waals surface area contributed by atoms with Crippen LogP contribution in [0.2, 0.25) is 0 Å². The molecule has 130 valence electrons. The second kappa shape index (κ2) is 6.52. The Bertz CT molecular complexity index is 990. The second-order valence-corrected chi connectivity index (χ2v) is 7.45. The number of phenolic OH excluding ortho intramolecular Hbond substituents is 1. The number of aromatic hydroxyl groups is 1. The van der Waals surface area contributed by atoms with Crippen LogP contribution in [0.4, 0.5) is 0 Å². The van der Waals surface area contributed by atoms with E-state index in [1.807, 2.05) is 0 Å². The van der Waals surface area contributed by atoms with Crippen LogP contribution in [0.15, 0.2) is 23.0 Å². The molecule has 0 aliphatic heterocycles. The minimum atomic E-state index is -0.125. The first kappa shape index (κ1) is 16.1. The highest BCUT2D eigenvalue weighted by atomic mass is 32.1. The molecule has 0 saturated carbocycles. The zero-order valence-electron chi connectivity index (χ0n) is 14.1. The Kier molecular flexibility index (Phi) is 4.21. The van der Waals surface area contributed by atoms with E-state index in [1.54, 1.807) is 29.5 Å². The number of nitrogens with one attached hydrogen (secondary N) is 1. The number of hydrogen-bond donors (Lipinski definition) is 2. The van der Waals surface area contributed by atoms with Crippen LogP contribution in [0.5, 0.6) is 11.5 Å². The topological polar surface area (TPSA) is 75.2 Å². The number of aromatic amines is 1. The summed E-state index contributed by atoms with van der Waals surface area (Å²) < 4.78 is 5.15. The van der Waals surface area contributed by atoms with Gasteiger partial charge >= 0.3 is 0 Å². The van der Waals surface area contributed by atoms with Crippen LogP contribution < -0.4 is 10.3 Å². The molecule has 3 aromatic rings. The van der Waals surface area contributed by atoms with Crippen molar-refractivity contribution < 1.29 is 9.84 Å². The molecule has 2 heterocycles. The highest BCUT2D eigenvalue weighted by molar-refractivity contribution is 7.18. The first-order valence-corrected chi connectivity index (χ1v) is 9.41. The van der Waals surface area contributed by atoms with Crippen LogP contribution >= 0.6 is 11.3 Å². The summed E-state index contributed by atoms with van der Waals surface area (Å²) in [6.45, 7) is 0. The van der Waals surface area contributed by atoms with Crippen molar-refractivity contribution in [2.75, 3.05) is 7.11 Å². The van der Waals surface area contributed by atoms with Crippen molar-refractivity contribution in [1.29, 1.82) is 0 Å². The van der Waals surface area contributed by atoms with Crippen LogP contribution in [-0.4, -0.2) is 22.2 Å². The van der Waals surface area contributed by atoms with E-state index in [9.17, 15) is 9.90 Å². The highest BCUT2D eigenvalue weighted by Gasteiger charge is 2.20. The lowest BCUT2D eigenvalue weighted by molar-refractivity contribution is 0.374. The monoisotopic (exact) mass is 356 g/mol. The van der Waals surface area contributed by atoms with Crippen LogP contribution in [0.25, 0.3) is 21.6 Å². The normalized spacial score (nSPS) is 14.8. The molecule has 1 aliphatic carbocycles. The van der Waals surface area contributed by atoms with Gasteiger partial charge in [0.1, 0.15) is 10.7 Å². The molecule has 0 unspecified atom stereocenters. The van der Waals surface area contributed by atoms with Crippen molar-refractivity contribution in [3.8, 4) is 22.9 Å². The van der Waals surface area contributed by atoms with E-state index in [0.29, 0.717) is 17.1 Å². The van der Waals surface area contributed by atoms with Gasteiger partial charge in [0, 0.05) is 4.88 Å². The van der Waals surface area contributed by atoms with E-state index in [1.165, 1.54) is 36.8 Å². The van der Waals surface area contributed by atoms with E-state index in [0.717, 1.165) is 29.5 Å². The van der Waals surface area contributed by atoms with Gasteiger partial charge in [-0.3, -0.25) is 4.79 Å². The minimum absolute atomic E-state index is 0.0116. The first-order valence-electron chi connectivity index (χ1n) is 8.60. The smallest absolute Gasteiger partial charge is 0.260 e. The maximum atomic E-state index is 12.8. The molecule has 4 rings (SSSR count). The molecule has 0 spiro atoms. The molecule has 0 saturated heterocycles. The summed E-state index contributed by atoms with van der Waals surface area (Å²) in [7, 11) is 1.50. The Morgan fingerprint density at radius 2 is 2.00 bits per heavy atom. The lowest BCUT2D eigenvalue weighted by atomic mass is 9.98. The Hall–Kier alpha value is -2.34. The van der Waals surface area contributed by atoms with Crippen LogP contribution in [0, 0.1) is 0 Å². The number of rotatable bonds is 2. The predicted octanol–water partition coefficient (Wildman–Crippen LogP) is 4.02. The van der Waals surface area contributed by atoms with Crippen molar-refractivity contribution in [1.82, 2.24) is 9.97 Å². The minimum Gasteiger partial charge on any atom is -0.504 e. The summed E-state index contributed by atoms with van der Waals surface area (Å²) in [6, 6.07) is 5.17. The molecule has 0 bridgehead atoms. The van der Waals surface area contributed by atoms with Gasteiger partial charge in [-0.25, -0.2) is 4.98 Å². The standard InChI is InChI=1S/C19H20N2O3S/c1-24-13-9-6-8-12(16(13)22)17-20-18(23)15-11-7-4-2-3-5-10-14(11)25-19(15)21-17/h6,8-9,22H,2-5,7,10H2,1H3,(H,20,21,23). The number of ether oxygens (including phenoxy) is 1. The maximum absolute atomic E-state index is 12.8. The zero-order valence-corrected chi connectivity index (χ0v) is 14.9. The molecule has 1 aromatic carbocycles. The molecule has 2 N–H and O–H groups in total. The fourth-order valence-corrected chi connectivity index (χ4v) is 4.79. The summed E-state index contributed by atoms with van der Waals surface area (Å²) in [5, 5.41) is 11.1. The molecule has 5 nitrogen and oxygen atoms in total. The number of thiophene rings is 1. The van der Waals surface area contributed by atoms with Gasteiger partial charge in [-0.05, 0) is 43.4 Å². The number of nitrogens with zero attached hydrogens (tertiary/aromatic N) is 1. The molecule has 0 fully saturated rings. The van der Waals surface area contributed by atoms with Gasteiger partial charge in [-0.15, -0.1) is 11.3 Å². The number of fused-ring (bicyclic) bond motifs is 3. The number of phenols is 1. The van der Waals surface area contributed by atoms with Gasteiger partial charge in [-0.2, -0.15) is 0 Å². The third kappa shape index (κ3) is 2.80. The summed E-state index contributed by atoms with van der Waals surface area (Å²) in [4.78, 5) is 22.3. The van der Waals surface area contributed by atoms with Crippen LogP contribution in [-0.2, 0) is 12.8 Å². The van der Waals surface area contributed by atoms with E-state index < -0.39 is 0 Å². The van der Waals surface area contributed by atoms with Gasteiger partial charge in [0.25, 0.3) is 5.56 Å². The van der Waals surface area contributed by atoms with E-state index in [4.69, 9.17) is 4.74 Å². The van der Waals surface area contributed by atoms with Crippen molar-refractivity contribution >= 4 is 21.6 Å². The number of aromatic nitrogens is 2. The number of para-hydroxylation sites is 1. The summed E-state index contributed by atoms with van der Waals surface area (Å²) in [5.74, 6) is 0.726. The SMILES string of the molecule is COc1cccc(-c2nc3sc4c(c3c(=O)[nH]2)CCCCCC4)c1O. The Morgan fingerprint density at radius 1 is 1.20 bits per heavy atom. The molecule has 1 aliphatic rings. The van der Waals surface area contributed by atoms with Gasteiger partial charge < -0.3 is 14.8 Å². The quantitative estimate of drug-likeness (QED) is 0.727. The van der Waals surface area contributed by atoms with Gasteiger partial charge in [-0.1, -0.05) is 18.9 Å². The van der Waals surface area contributed by atoms with Crippen LogP contribution in [0.3, 0.4) is 0 Å². The Balaban J connectivity index is 1.90. The molecule has 0 radical (unpaired) electrons. The zero-order chi connectivity index (χ0) is 17.4. The molecular formula is C19H20N2O3S. The maximum Gasteiger partial charge on any atom is 0.260 e. The summed E-state index contributed by atoms with van der Waals surface area (Å²) in [5.41, 5.74) is 1.52. The Morgan fingerprint density at radius 3 is 2.80 bits per heavy atom. The van der Waals surface area contributed by atoms with Crippen molar-refractivity contribution in [3.05, 3.63) is 39.0 Å². The van der Waals surface area contributed by atoms with Crippen molar-refractivity contribution in [3.63, 3.8) is 0 Å². The number of hydrogen-bond acceptors (Lipinski definition) is 5. The van der Waals surface area contributed by atoms with E-state index >= 15 is 0 Å². The van der Waals surface area contributed by atoms with Gasteiger partial charge in [0.2, 0.25) is 0 Å². The molecule has 0 amide bonds.